The van der Waals surface area contributed by atoms with E-state index in [1.54, 1.807) is 13.1 Å². The summed E-state index contributed by atoms with van der Waals surface area (Å²) in [7, 11) is 1.60. The van der Waals surface area contributed by atoms with Crippen molar-refractivity contribution < 1.29 is 14.7 Å². The molecule has 7 nitrogen and oxygen atoms in total. The summed E-state index contributed by atoms with van der Waals surface area (Å²) in [6.07, 6.45) is 3.31. The number of carbonyl (C=O) groups is 2. The molecule has 0 aliphatic rings. The summed E-state index contributed by atoms with van der Waals surface area (Å²) in [5.41, 5.74) is 1.72. The number of hydrogen-bond donors (Lipinski definition) is 2. The van der Waals surface area contributed by atoms with Crippen LogP contribution in [-0.2, 0) is 13.0 Å². The minimum Gasteiger partial charge on any atom is -0.478 e. The predicted octanol–water partition coefficient (Wildman–Crippen LogP) is 3.47. The smallest absolute Gasteiger partial charge is 0.346 e. The Hall–Kier alpha value is -3.35. The molecule has 0 saturated carbocycles. The quantitative estimate of drug-likeness (QED) is 0.683. The maximum Gasteiger partial charge on any atom is 0.346 e. The van der Waals surface area contributed by atoms with Gasteiger partial charge in [-0.2, -0.15) is 4.68 Å². The van der Waals surface area contributed by atoms with Crippen LogP contribution in [-0.4, -0.2) is 38.8 Å². The summed E-state index contributed by atoms with van der Waals surface area (Å²) in [6.45, 7) is 2.49. The van der Waals surface area contributed by atoms with Gasteiger partial charge in [0.15, 0.2) is 0 Å². The van der Waals surface area contributed by atoms with E-state index in [-0.39, 0.29) is 10.9 Å². The maximum atomic E-state index is 12.7. The van der Waals surface area contributed by atoms with Gasteiger partial charge in [0, 0.05) is 13.6 Å². The Morgan fingerprint density at radius 2 is 1.79 bits per heavy atom. The first-order chi connectivity index (χ1) is 13.4. The number of hydrogen-bond acceptors (Lipinski definition) is 3. The highest BCUT2D eigenvalue weighted by Crippen LogP contribution is 2.14. The molecular formula is C21H23N3O4. The molecule has 28 heavy (non-hydrogen) atoms. The van der Waals surface area contributed by atoms with E-state index in [0.717, 1.165) is 29.5 Å². The molecule has 0 aliphatic heterocycles. The van der Waals surface area contributed by atoms with Crippen LogP contribution < -0.4 is 5.56 Å². The first-order valence-corrected chi connectivity index (χ1v) is 9.22. The predicted molar refractivity (Wildman–Crippen MR) is 107 cm³/mol. The number of amides is 1. The zero-order valence-corrected chi connectivity index (χ0v) is 15.9. The summed E-state index contributed by atoms with van der Waals surface area (Å²) in [5.74, 6) is -1.21. The van der Waals surface area contributed by atoms with Crippen molar-refractivity contribution in [3.05, 3.63) is 69.5 Å². The molecule has 0 aliphatic carbocycles. The van der Waals surface area contributed by atoms with Crippen LogP contribution in [0.2, 0.25) is 0 Å². The normalized spacial score (nSPS) is 10.9. The number of carbonyl (C=O) groups excluding carboxylic acids is 1. The topological polar surface area (TPSA) is 95.4 Å². The summed E-state index contributed by atoms with van der Waals surface area (Å²) >= 11 is 0. The number of rotatable bonds is 6. The molecule has 0 fully saturated rings. The largest absolute Gasteiger partial charge is 0.478 e. The number of fused-ring (bicyclic) bond motifs is 1. The number of aromatic amines is 1. The lowest BCUT2D eigenvalue weighted by Gasteiger charge is -2.17. The summed E-state index contributed by atoms with van der Waals surface area (Å²) < 4.78 is 0.854. The number of aromatic carboxylic acids is 1. The molecule has 146 valence electrons. The van der Waals surface area contributed by atoms with Gasteiger partial charge in [-0.25, -0.2) is 9.59 Å². The Morgan fingerprint density at radius 3 is 2.43 bits per heavy atom. The lowest BCUT2D eigenvalue weighted by molar-refractivity contribution is 0.0699. The second kappa shape index (κ2) is 8.12. The van der Waals surface area contributed by atoms with Crippen molar-refractivity contribution in [3.8, 4) is 0 Å². The highest BCUT2D eigenvalue weighted by molar-refractivity contribution is 6.03. The number of aromatic nitrogens is 2. The first-order valence-electron chi connectivity index (χ1n) is 9.22. The van der Waals surface area contributed by atoms with Gasteiger partial charge in [-0.1, -0.05) is 43.7 Å². The number of carboxylic acids is 1. The Kier molecular flexibility index (Phi) is 5.63. The highest BCUT2D eigenvalue weighted by atomic mass is 16.4. The molecule has 1 heterocycles. The van der Waals surface area contributed by atoms with Crippen molar-refractivity contribution in [1.29, 1.82) is 0 Å². The van der Waals surface area contributed by atoms with Crippen molar-refractivity contribution in [1.82, 2.24) is 14.7 Å². The van der Waals surface area contributed by atoms with E-state index in [1.807, 2.05) is 12.1 Å². The Morgan fingerprint density at radius 1 is 1.11 bits per heavy atom. The van der Waals surface area contributed by atoms with E-state index in [1.165, 1.54) is 22.6 Å². The van der Waals surface area contributed by atoms with E-state index in [2.05, 4.69) is 24.2 Å². The van der Waals surface area contributed by atoms with E-state index in [0.29, 0.717) is 12.1 Å². The van der Waals surface area contributed by atoms with Crippen LogP contribution in [0.1, 0.15) is 41.3 Å². The molecular weight excluding hydrogens is 358 g/mol. The standard InChI is InChI=1S/C21H23N3O4/c1-3-4-6-14-9-11-15(12-10-14)13-23(2)21(28)24-19(25)18-16(20(26)27)7-5-8-17(18)22-24/h5,7-12,22H,3-4,6,13H2,1-2H3,(H,26,27). The number of nitrogens with zero attached hydrogens (tertiary/aromatic N) is 2. The molecule has 1 amide bonds. The van der Waals surface area contributed by atoms with Crippen molar-refractivity contribution >= 4 is 22.9 Å². The third-order valence-electron chi connectivity index (χ3n) is 4.72. The van der Waals surface area contributed by atoms with E-state index in [4.69, 9.17) is 0 Å². The van der Waals surface area contributed by atoms with Crippen molar-refractivity contribution in [2.75, 3.05) is 7.05 Å². The van der Waals surface area contributed by atoms with Crippen LogP contribution in [0.4, 0.5) is 4.79 Å². The molecule has 1 aromatic heterocycles. The number of H-pyrrole nitrogens is 1. The van der Waals surface area contributed by atoms with Gasteiger partial charge in [-0.05, 0) is 36.1 Å². The van der Waals surface area contributed by atoms with Crippen LogP contribution in [0.15, 0.2) is 47.3 Å². The number of carboxylic acid groups (broad SMARTS) is 1. The SMILES string of the molecule is CCCCc1ccc(CN(C)C(=O)n2[nH]c3cccc(C(=O)O)c3c2=O)cc1. The van der Waals surface area contributed by atoms with Gasteiger partial charge in [0.1, 0.15) is 0 Å². The Labute approximate surface area is 162 Å². The third kappa shape index (κ3) is 3.83. The molecule has 0 bridgehead atoms. The zero-order chi connectivity index (χ0) is 20.3. The second-order valence-electron chi connectivity index (χ2n) is 6.84. The van der Waals surface area contributed by atoms with E-state index >= 15 is 0 Å². The molecule has 2 aromatic carbocycles. The molecule has 0 atom stereocenters. The molecule has 0 radical (unpaired) electrons. The molecule has 3 rings (SSSR count). The fraction of sp³-hybridized carbons (Fsp3) is 0.286. The van der Waals surface area contributed by atoms with Crippen LogP contribution in [0.25, 0.3) is 10.9 Å². The fourth-order valence-electron chi connectivity index (χ4n) is 3.18. The third-order valence-corrected chi connectivity index (χ3v) is 4.72. The molecule has 3 aromatic rings. The van der Waals surface area contributed by atoms with Gasteiger partial charge in [0.05, 0.1) is 16.5 Å². The number of unbranched alkanes of at least 4 members (excludes halogenated alkanes) is 1. The second-order valence-corrected chi connectivity index (χ2v) is 6.84. The minimum absolute atomic E-state index is 0.00275. The van der Waals surface area contributed by atoms with E-state index < -0.39 is 17.6 Å². The lowest BCUT2D eigenvalue weighted by Crippen LogP contribution is -2.36. The fourth-order valence-corrected chi connectivity index (χ4v) is 3.18. The Bertz CT molecular complexity index is 1060. The maximum absolute atomic E-state index is 12.7. The molecule has 7 heteroatoms. The average Bonchev–Trinajstić information content (AvgIpc) is 3.03. The van der Waals surface area contributed by atoms with Gasteiger partial charge in [0.2, 0.25) is 0 Å². The lowest BCUT2D eigenvalue weighted by atomic mass is 10.1. The van der Waals surface area contributed by atoms with Gasteiger partial charge >= 0.3 is 12.0 Å². The Balaban J connectivity index is 1.82. The molecule has 0 saturated heterocycles. The van der Waals surface area contributed by atoms with Crippen LogP contribution in [0.5, 0.6) is 0 Å². The minimum atomic E-state index is -1.21. The number of nitrogens with one attached hydrogen (secondary N) is 1. The van der Waals surface area contributed by atoms with Crippen LogP contribution in [0, 0.1) is 0 Å². The van der Waals surface area contributed by atoms with Crippen molar-refractivity contribution in [3.63, 3.8) is 0 Å². The van der Waals surface area contributed by atoms with Crippen LogP contribution in [0.3, 0.4) is 0 Å². The van der Waals surface area contributed by atoms with Gasteiger partial charge in [-0.15, -0.1) is 0 Å². The summed E-state index contributed by atoms with van der Waals surface area (Å²) in [6, 6.07) is 12.0. The molecule has 0 spiro atoms. The summed E-state index contributed by atoms with van der Waals surface area (Å²) in [5, 5.41) is 12.0. The van der Waals surface area contributed by atoms with Crippen molar-refractivity contribution in [2.45, 2.75) is 32.7 Å². The molecule has 0 unspecified atom stereocenters. The number of benzene rings is 2. The highest BCUT2D eigenvalue weighted by Gasteiger charge is 2.21. The number of aryl methyl sites for hydroxylation is 1. The summed E-state index contributed by atoms with van der Waals surface area (Å²) in [4.78, 5) is 38.1. The first kappa shape index (κ1) is 19.4. The average molecular weight is 381 g/mol. The van der Waals surface area contributed by atoms with Gasteiger partial charge in [-0.3, -0.25) is 9.89 Å². The van der Waals surface area contributed by atoms with Crippen LogP contribution >= 0.6 is 0 Å². The van der Waals surface area contributed by atoms with E-state index in [9.17, 15) is 19.5 Å². The van der Waals surface area contributed by atoms with Gasteiger partial charge in [0.25, 0.3) is 5.56 Å². The van der Waals surface area contributed by atoms with Crippen molar-refractivity contribution in [2.24, 2.45) is 0 Å². The van der Waals surface area contributed by atoms with Gasteiger partial charge < -0.3 is 10.0 Å². The monoisotopic (exact) mass is 381 g/mol. The molecule has 2 N–H and O–H groups in total. The zero-order valence-electron chi connectivity index (χ0n) is 15.9.